The van der Waals surface area contributed by atoms with Crippen molar-refractivity contribution >= 4 is 28.6 Å². The molecule has 2 N–H and O–H groups in total. The molecule has 0 atom stereocenters. The highest BCUT2D eigenvalue weighted by atomic mass is 16.5. The molecular weight excluding hydrogens is 404 g/mol. The van der Waals surface area contributed by atoms with Crippen LogP contribution in [-0.2, 0) is 9.47 Å². The molecule has 3 aliphatic rings. The first-order valence-electron chi connectivity index (χ1n) is 10.7. The summed E-state index contributed by atoms with van der Waals surface area (Å²) in [6.45, 7) is 7.40. The van der Waals surface area contributed by atoms with Crippen LogP contribution in [0.15, 0.2) is 56.8 Å². The highest BCUT2D eigenvalue weighted by Gasteiger charge is 2.23. The second-order valence-corrected chi connectivity index (χ2v) is 7.53. The molecule has 0 spiro atoms. The molecule has 8 heteroatoms. The Morgan fingerprint density at radius 3 is 2.66 bits per heavy atom. The van der Waals surface area contributed by atoms with Crippen molar-refractivity contribution in [3.8, 4) is 12.5 Å². The molecule has 166 valence electrons. The zero-order valence-corrected chi connectivity index (χ0v) is 18.5. The van der Waals surface area contributed by atoms with Crippen LogP contribution in [0, 0.1) is 12.5 Å². The molecule has 2 fully saturated rings. The zero-order valence-electron chi connectivity index (χ0n) is 18.5. The Morgan fingerprint density at radius 2 is 2.00 bits per heavy atom. The summed E-state index contributed by atoms with van der Waals surface area (Å²) >= 11 is 0. The van der Waals surface area contributed by atoms with Crippen molar-refractivity contribution < 1.29 is 9.47 Å². The highest BCUT2D eigenvalue weighted by molar-refractivity contribution is 6.72. The maximum atomic E-state index is 5.77. The Balaban J connectivity index is 1.64. The Bertz CT molecular complexity index is 1030. The fourth-order valence-corrected chi connectivity index (χ4v) is 3.76. The summed E-state index contributed by atoms with van der Waals surface area (Å²) in [5.74, 6) is 1.40. The molecule has 0 bridgehead atoms. The fraction of sp³-hybridized carbons (Fsp3) is 0.375. The van der Waals surface area contributed by atoms with E-state index in [1.54, 1.807) is 7.05 Å². The summed E-state index contributed by atoms with van der Waals surface area (Å²) < 4.78 is 11.2. The number of ether oxygens (including phenoxy) is 2. The normalized spacial score (nSPS) is 23.2. The van der Waals surface area contributed by atoms with E-state index in [1.807, 2.05) is 13.0 Å². The van der Waals surface area contributed by atoms with Crippen LogP contribution < -0.4 is 15.5 Å². The topological polar surface area (TPSA) is 82.8 Å². The lowest BCUT2D eigenvalue weighted by Crippen LogP contribution is -2.39. The van der Waals surface area contributed by atoms with Crippen molar-refractivity contribution in [3.63, 3.8) is 0 Å². The van der Waals surface area contributed by atoms with Gasteiger partial charge in [-0.1, -0.05) is 18.6 Å². The smallest absolute Gasteiger partial charge is 0.159 e. The average molecular weight is 433 g/mol. The van der Waals surface area contributed by atoms with Gasteiger partial charge in [0.05, 0.1) is 36.9 Å². The van der Waals surface area contributed by atoms with Gasteiger partial charge in [0.2, 0.25) is 0 Å². The fourth-order valence-electron chi connectivity index (χ4n) is 3.76. The second-order valence-electron chi connectivity index (χ2n) is 7.53. The van der Waals surface area contributed by atoms with Gasteiger partial charge < -0.3 is 25.0 Å². The third-order valence-electron chi connectivity index (χ3n) is 5.49. The molecule has 0 unspecified atom stereocenters. The minimum atomic E-state index is 0.535. The molecule has 3 aliphatic heterocycles. The van der Waals surface area contributed by atoms with Gasteiger partial charge in [0.25, 0.3) is 0 Å². The lowest BCUT2D eigenvalue weighted by atomic mass is 10.0. The largest absolute Gasteiger partial charge is 0.493 e. The van der Waals surface area contributed by atoms with Gasteiger partial charge in [0.15, 0.2) is 5.84 Å². The summed E-state index contributed by atoms with van der Waals surface area (Å²) in [6, 6.07) is 10.8. The van der Waals surface area contributed by atoms with Gasteiger partial charge in [0.1, 0.15) is 18.1 Å². The number of nitrogens with zero attached hydrogens (tertiary/aromatic N) is 4. The van der Waals surface area contributed by atoms with Crippen molar-refractivity contribution in [2.24, 2.45) is 15.0 Å². The van der Waals surface area contributed by atoms with Gasteiger partial charge in [-0.05, 0) is 25.1 Å². The average Bonchev–Trinajstić information content (AvgIpc) is 2.86. The predicted molar refractivity (Wildman–Crippen MR) is 129 cm³/mol. The number of nitrogens with one attached hydrogen (secondary N) is 2. The van der Waals surface area contributed by atoms with E-state index in [-0.39, 0.29) is 0 Å². The number of hydrogen-bond acceptors (Lipinski definition) is 8. The van der Waals surface area contributed by atoms with E-state index >= 15 is 0 Å². The molecule has 0 aromatic heterocycles. The SMILES string of the molecule is C#CN=C1C(=NC)C=C(c2ccc(N3CCOCC3)cc2)N=C1N/C(C)=C1/CNCCO1. The Morgan fingerprint density at radius 1 is 1.22 bits per heavy atom. The summed E-state index contributed by atoms with van der Waals surface area (Å²) in [6.07, 6.45) is 7.40. The molecule has 0 aliphatic carbocycles. The zero-order chi connectivity index (χ0) is 22.3. The molecule has 2 saturated heterocycles. The molecule has 0 amide bonds. The van der Waals surface area contributed by atoms with Gasteiger partial charge in [-0.3, -0.25) is 4.99 Å². The van der Waals surface area contributed by atoms with Crippen molar-refractivity contribution in [1.29, 1.82) is 0 Å². The summed E-state index contributed by atoms with van der Waals surface area (Å²) in [5.41, 5.74) is 5.03. The molecule has 3 heterocycles. The number of allylic oxidation sites excluding steroid dienone is 2. The van der Waals surface area contributed by atoms with E-state index in [9.17, 15) is 0 Å². The maximum absolute atomic E-state index is 5.77. The molecule has 32 heavy (non-hydrogen) atoms. The number of aliphatic imine (C=N–C) groups is 3. The predicted octanol–water partition coefficient (Wildman–Crippen LogP) is 1.82. The number of morpholine rings is 2. The minimum Gasteiger partial charge on any atom is -0.493 e. The van der Waals surface area contributed by atoms with Crippen LogP contribution >= 0.6 is 0 Å². The van der Waals surface area contributed by atoms with Crippen LogP contribution in [0.2, 0.25) is 0 Å². The van der Waals surface area contributed by atoms with Crippen molar-refractivity contribution in [2.45, 2.75) is 6.92 Å². The summed E-state index contributed by atoms with van der Waals surface area (Å²) in [5, 5.41) is 6.65. The van der Waals surface area contributed by atoms with Crippen LogP contribution in [0.3, 0.4) is 0 Å². The first kappa shape index (κ1) is 21.8. The van der Waals surface area contributed by atoms with E-state index < -0.39 is 0 Å². The van der Waals surface area contributed by atoms with Crippen LogP contribution in [0.4, 0.5) is 5.69 Å². The molecule has 0 radical (unpaired) electrons. The van der Waals surface area contributed by atoms with E-state index in [1.165, 1.54) is 5.69 Å². The van der Waals surface area contributed by atoms with Crippen LogP contribution in [-0.4, -0.2) is 70.3 Å². The van der Waals surface area contributed by atoms with E-state index in [0.29, 0.717) is 30.4 Å². The number of rotatable bonds is 3. The van der Waals surface area contributed by atoms with E-state index in [4.69, 9.17) is 20.9 Å². The number of hydrogen-bond donors (Lipinski definition) is 2. The highest BCUT2D eigenvalue weighted by Crippen LogP contribution is 2.24. The molecule has 8 nitrogen and oxygen atoms in total. The Hall–Kier alpha value is -3.41. The first-order valence-corrected chi connectivity index (χ1v) is 10.7. The van der Waals surface area contributed by atoms with E-state index in [0.717, 1.165) is 55.6 Å². The van der Waals surface area contributed by atoms with Gasteiger partial charge >= 0.3 is 0 Å². The molecule has 1 aromatic rings. The molecular formula is C24H28N6O2. The number of terminal acetylenes is 1. The van der Waals surface area contributed by atoms with Gasteiger partial charge in [-0.2, -0.15) is 4.99 Å². The van der Waals surface area contributed by atoms with Crippen molar-refractivity contribution in [3.05, 3.63) is 47.4 Å². The van der Waals surface area contributed by atoms with Gasteiger partial charge in [-0.15, -0.1) is 0 Å². The number of amidine groups is 1. The molecule has 1 aromatic carbocycles. The van der Waals surface area contributed by atoms with Gasteiger partial charge in [-0.25, -0.2) is 4.99 Å². The minimum absolute atomic E-state index is 0.535. The summed E-state index contributed by atoms with van der Waals surface area (Å²) in [7, 11) is 1.72. The van der Waals surface area contributed by atoms with Crippen molar-refractivity contribution in [1.82, 2.24) is 10.6 Å². The van der Waals surface area contributed by atoms with E-state index in [2.05, 4.69) is 55.8 Å². The Labute approximate surface area is 188 Å². The number of benzene rings is 1. The lowest BCUT2D eigenvalue weighted by molar-refractivity contribution is 0.122. The van der Waals surface area contributed by atoms with Crippen LogP contribution in [0.25, 0.3) is 5.70 Å². The lowest BCUT2D eigenvalue weighted by Gasteiger charge is -2.29. The third kappa shape index (κ3) is 4.90. The van der Waals surface area contributed by atoms with Crippen molar-refractivity contribution in [2.75, 3.05) is 57.9 Å². The van der Waals surface area contributed by atoms with Gasteiger partial charge in [0, 0.05) is 44.0 Å². The maximum Gasteiger partial charge on any atom is 0.159 e. The Kier molecular flexibility index (Phi) is 7.00. The quantitative estimate of drug-likeness (QED) is 0.712. The third-order valence-corrected chi connectivity index (χ3v) is 5.49. The van der Waals surface area contributed by atoms with Crippen LogP contribution in [0.5, 0.6) is 0 Å². The molecule has 4 rings (SSSR count). The van der Waals surface area contributed by atoms with Crippen LogP contribution in [0.1, 0.15) is 12.5 Å². The second kappa shape index (κ2) is 10.3. The summed E-state index contributed by atoms with van der Waals surface area (Å²) in [4.78, 5) is 15.8. The monoisotopic (exact) mass is 432 g/mol. The molecule has 0 saturated carbocycles. The number of anilines is 1. The first-order chi connectivity index (χ1) is 15.7. The standard InChI is InChI=1S/C24H28N6O2/c1-4-27-23-21(25-3)15-20(29-24(23)28-17(2)22-16-26-9-12-32-22)18-5-7-19(8-6-18)30-10-13-31-14-11-30/h1,5-8,15,26H,9-14,16H2,2-3H3,(H,28,29)/b22-17-,25-21?,27-23?.